The summed E-state index contributed by atoms with van der Waals surface area (Å²) in [4.78, 5) is 23.1. The van der Waals surface area contributed by atoms with Crippen molar-refractivity contribution >= 4 is 17.3 Å². The summed E-state index contributed by atoms with van der Waals surface area (Å²) < 4.78 is 1.36. The molecule has 0 aliphatic heterocycles. The molecular weight excluding hydrogens is 332 g/mol. The molecule has 3 rings (SSSR count). The van der Waals surface area contributed by atoms with Crippen molar-refractivity contribution in [3.8, 4) is 11.1 Å². The Morgan fingerprint density at radius 1 is 1.12 bits per heavy atom. The van der Waals surface area contributed by atoms with Gasteiger partial charge in [-0.3, -0.25) is 19.6 Å². The molecule has 0 fully saturated rings. The third-order valence-corrected chi connectivity index (χ3v) is 4.11. The van der Waals surface area contributed by atoms with Crippen molar-refractivity contribution < 1.29 is 9.72 Å². The summed E-state index contributed by atoms with van der Waals surface area (Å²) in [5.74, 6) is -0.297. The van der Waals surface area contributed by atoms with Crippen LogP contribution in [0, 0.1) is 24.0 Å². The van der Waals surface area contributed by atoms with Gasteiger partial charge in [-0.25, -0.2) is 0 Å². The number of hydrogen-bond donors (Lipinski definition) is 1. The molecular formula is C19H18N4O3. The molecule has 7 heteroatoms. The molecule has 132 valence electrons. The first kappa shape index (κ1) is 17.3. The van der Waals surface area contributed by atoms with Gasteiger partial charge in [0.05, 0.1) is 4.92 Å². The van der Waals surface area contributed by atoms with E-state index in [-0.39, 0.29) is 18.1 Å². The molecule has 1 N–H and O–H groups in total. The van der Waals surface area contributed by atoms with E-state index in [2.05, 4.69) is 10.4 Å². The first-order valence-corrected chi connectivity index (χ1v) is 8.10. The summed E-state index contributed by atoms with van der Waals surface area (Å²) in [5, 5.41) is 18.1. The molecule has 0 saturated carbocycles. The Morgan fingerprint density at radius 2 is 1.77 bits per heavy atom. The lowest BCUT2D eigenvalue weighted by molar-refractivity contribution is -0.386. The number of hydrogen-bond acceptors (Lipinski definition) is 4. The van der Waals surface area contributed by atoms with Crippen LogP contribution >= 0.6 is 0 Å². The Balaban J connectivity index is 1.82. The fraction of sp³-hybridized carbons (Fsp3) is 0.158. The molecule has 1 heterocycles. The summed E-state index contributed by atoms with van der Waals surface area (Å²) in [6, 6.07) is 17.2. The van der Waals surface area contributed by atoms with Crippen LogP contribution in [0.5, 0.6) is 0 Å². The highest BCUT2D eigenvalue weighted by Gasteiger charge is 2.22. The summed E-state index contributed by atoms with van der Waals surface area (Å²) >= 11 is 0. The molecule has 26 heavy (non-hydrogen) atoms. The van der Waals surface area contributed by atoms with Gasteiger partial charge in [0, 0.05) is 11.3 Å². The van der Waals surface area contributed by atoms with Gasteiger partial charge in [-0.1, -0.05) is 48.5 Å². The molecule has 1 amide bonds. The van der Waals surface area contributed by atoms with Crippen molar-refractivity contribution in [1.29, 1.82) is 0 Å². The summed E-state index contributed by atoms with van der Waals surface area (Å²) in [6.07, 6.45) is 0. The average molecular weight is 350 g/mol. The van der Waals surface area contributed by atoms with Gasteiger partial charge in [0.25, 0.3) is 0 Å². The van der Waals surface area contributed by atoms with E-state index in [1.54, 1.807) is 13.8 Å². The minimum Gasteiger partial charge on any atom is -0.324 e. The highest BCUT2D eigenvalue weighted by molar-refractivity contribution is 5.95. The molecule has 0 bridgehead atoms. The maximum Gasteiger partial charge on any atom is 0.312 e. The predicted octanol–water partition coefficient (Wildman–Crippen LogP) is 3.71. The smallest absolute Gasteiger partial charge is 0.312 e. The van der Waals surface area contributed by atoms with Crippen molar-refractivity contribution in [2.24, 2.45) is 0 Å². The maximum atomic E-state index is 12.5. The van der Waals surface area contributed by atoms with Gasteiger partial charge in [0.1, 0.15) is 17.9 Å². The molecule has 3 aromatic rings. The summed E-state index contributed by atoms with van der Waals surface area (Å²) in [6.45, 7) is 3.05. The van der Waals surface area contributed by atoms with Crippen LogP contribution in [0.15, 0.2) is 54.6 Å². The lowest BCUT2D eigenvalue weighted by atomic mass is 10.0. The minimum atomic E-state index is -0.475. The Bertz CT molecular complexity index is 964. The van der Waals surface area contributed by atoms with Crippen LogP contribution in [-0.2, 0) is 11.3 Å². The van der Waals surface area contributed by atoms with Crippen LogP contribution in [0.1, 0.15) is 11.4 Å². The van der Waals surface area contributed by atoms with Crippen molar-refractivity contribution in [1.82, 2.24) is 9.78 Å². The van der Waals surface area contributed by atoms with Crippen molar-refractivity contribution in [3.05, 3.63) is 76.1 Å². The number of rotatable bonds is 5. The number of nitrogens with one attached hydrogen (secondary N) is 1. The lowest BCUT2D eigenvalue weighted by Crippen LogP contribution is -2.20. The number of nitrogens with zero attached hydrogens (tertiary/aromatic N) is 3. The Labute approximate surface area is 150 Å². The molecule has 0 aliphatic carbocycles. The zero-order valence-electron chi connectivity index (χ0n) is 14.5. The SMILES string of the molecule is Cc1nn(CC(=O)Nc2ccccc2-c2ccccc2)c(C)c1[N+](=O)[O-]. The second-order valence-corrected chi connectivity index (χ2v) is 5.89. The Kier molecular flexibility index (Phi) is 4.79. The monoisotopic (exact) mass is 350 g/mol. The topological polar surface area (TPSA) is 90.1 Å². The van der Waals surface area contributed by atoms with Gasteiger partial charge in [0.15, 0.2) is 0 Å². The van der Waals surface area contributed by atoms with E-state index in [9.17, 15) is 14.9 Å². The van der Waals surface area contributed by atoms with Gasteiger partial charge in [0.2, 0.25) is 5.91 Å². The molecule has 0 radical (unpaired) electrons. The zero-order chi connectivity index (χ0) is 18.7. The third kappa shape index (κ3) is 3.46. The molecule has 0 saturated heterocycles. The number of benzene rings is 2. The highest BCUT2D eigenvalue weighted by atomic mass is 16.6. The number of aryl methyl sites for hydroxylation is 1. The van der Waals surface area contributed by atoms with Crippen molar-refractivity contribution in [3.63, 3.8) is 0 Å². The highest BCUT2D eigenvalue weighted by Crippen LogP contribution is 2.27. The van der Waals surface area contributed by atoms with E-state index in [4.69, 9.17) is 0 Å². The molecule has 1 aromatic heterocycles. The zero-order valence-corrected chi connectivity index (χ0v) is 14.5. The summed E-state index contributed by atoms with van der Waals surface area (Å²) in [7, 11) is 0. The first-order valence-electron chi connectivity index (χ1n) is 8.10. The van der Waals surface area contributed by atoms with Crippen LogP contribution < -0.4 is 5.32 Å². The Morgan fingerprint density at radius 3 is 2.42 bits per heavy atom. The number of carbonyl (C=O) groups excluding carboxylic acids is 1. The van der Waals surface area contributed by atoms with Crippen LogP contribution in [0.25, 0.3) is 11.1 Å². The van der Waals surface area contributed by atoms with Gasteiger partial charge < -0.3 is 5.32 Å². The lowest BCUT2D eigenvalue weighted by Gasteiger charge is -2.11. The van der Waals surface area contributed by atoms with Crippen molar-refractivity contribution in [2.75, 3.05) is 5.32 Å². The van der Waals surface area contributed by atoms with Gasteiger partial charge in [-0.05, 0) is 25.5 Å². The standard InChI is InChI=1S/C19H18N4O3/c1-13-19(23(25)26)14(2)22(21-13)12-18(24)20-17-11-7-6-10-16(17)15-8-4-3-5-9-15/h3-11H,12H2,1-2H3,(H,20,24). The molecule has 0 atom stereocenters. The van der Waals surface area contributed by atoms with E-state index in [1.165, 1.54) is 4.68 Å². The number of aromatic nitrogens is 2. The van der Waals surface area contributed by atoms with Gasteiger partial charge in [-0.15, -0.1) is 0 Å². The van der Waals surface area contributed by atoms with Crippen LogP contribution in [0.3, 0.4) is 0 Å². The maximum absolute atomic E-state index is 12.5. The average Bonchev–Trinajstić information content (AvgIpc) is 2.89. The number of nitro groups is 1. The predicted molar refractivity (Wildman–Crippen MR) is 98.9 cm³/mol. The van der Waals surface area contributed by atoms with E-state index >= 15 is 0 Å². The first-order chi connectivity index (χ1) is 12.5. The van der Waals surface area contributed by atoms with Gasteiger partial charge in [-0.2, -0.15) is 5.10 Å². The molecule has 0 unspecified atom stereocenters. The number of anilines is 1. The number of para-hydroxylation sites is 1. The normalized spacial score (nSPS) is 10.5. The molecule has 2 aromatic carbocycles. The minimum absolute atomic E-state index is 0.0533. The third-order valence-electron chi connectivity index (χ3n) is 4.11. The quantitative estimate of drug-likeness (QED) is 0.561. The van der Waals surface area contributed by atoms with E-state index in [1.807, 2.05) is 54.6 Å². The van der Waals surface area contributed by atoms with Crippen LogP contribution in [0.4, 0.5) is 11.4 Å². The molecule has 0 spiro atoms. The molecule has 0 aliphatic rings. The van der Waals surface area contributed by atoms with Crippen LogP contribution in [0.2, 0.25) is 0 Å². The fourth-order valence-electron chi connectivity index (χ4n) is 2.89. The second-order valence-electron chi connectivity index (χ2n) is 5.89. The fourth-order valence-corrected chi connectivity index (χ4v) is 2.89. The van der Waals surface area contributed by atoms with E-state index in [0.29, 0.717) is 17.1 Å². The summed E-state index contributed by atoms with van der Waals surface area (Å²) in [5.41, 5.74) is 3.18. The largest absolute Gasteiger partial charge is 0.324 e. The van der Waals surface area contributed by atoms with Crippen molar-refractivity contribution in [2.45, 2.75) is 20.4 Å². The number of amides is 1. The van der Waals surface area contributed by atoms with E-state index in [0.717, 1.165) is 11.1 Å². The van der Waals surface area contributed by atoms with E-state index < -0.39 is 4.92 Å². The second kappa shape index (κ2) is 7.18. The van der Waals surface area contributed by atoms with Gasteiger partial charge >= 0.3 is 5.69 Å². The Hall–Kier alpha value is -3.48. The van der Waals surface area contributed by atoms with Crippen LogP contribution in [-0.4, -0.2) is 20.6 Å². The number of carbonyl (C=O) groups is 1. The molecule has 7 nitrogen and oxygen atoms in total.